The molecule has 34 heavy (non-hydrogen) atoms. The molecule has 1 heterocycles. The summed E-state index contributed by atoms with van der Waals surface area (Å²) in [5.74, 6) is -0.486. The van der Waals surface area contributed by atoms with Gasteiger partial charge in [0.15, 0.2) is 5.50 Å². The molecule has 4 rings (SSSR count). The Hall–Kier alpha value is -3.64. The molecule has 5 nitrogen and oxygen atoms in total. The van der Waals surface area contributed by atoms with Crippen LogP contribution in [0.1, 0.15) is 25.0 Å². The number of alkyl halides is 3. The summed E-state index contributed by atoms with van der Waals surface area (Å²) in [7, 11) is 0. The number of halogens is 3. The lowest BCUT2D eigenvalue weighted by Crippen LogP contribution is -2.44. The van der Waals surface area contributed by atoms with Crippen LogP contribution in [0.5, 0.6) is 5.75 Å². The normalized spacial score (nSPS) is 17.7. The van der Waals surface area contributed by atoms with Crippen molar-refractivity contribution in [3.63, 3.8) is 0 Å². The SMILES string of the molecule is CC1(C)C(=O)N(c2ccc(C#N)c(C(F)(F)F)c2)C(S)N1c1ccc(-c2ccccc2)c(O)c1. The van der Waals surface area contributed by atoms with E-state index in [0.29, 0.717) is 11.3 Å². The van der Waals surface area contributed by atoms with E-state index < -0.39 is 34.2 Å². The van der Waals surface area contributed by atoms with E-state index in [1.54, 1.807) is 30.9 Å². The molecule has 9 heteroatoms. The lowest BCUT2D eigenvalue weighted by molar-refractivity contribution is -0.137. The Kier molecular flexibility index (Phi) is 5.74. The molecule has 0 aromatic heterocycles. The molecule has 0 saturated carbocycles. The van der Waals surface area contributed by atoms with Gasteiger partial charge in [0.1, 0.15) is 11.3 Å². The third-order valence-electron chi connectivity index (χ3n) is 5.86. The summed E-state index contributed by atoms with van der Waals surface area (Å²) in [6, 6.07) is 18.9. The van der Waals surface area contributed by atoms with Crippen molar-refractivity contribution in [2.75, 3.05) is 9.80 Å². The fourth-order valence-electron chi connectivity index (χ4n) is 4.16. The number of anilines is 2. The first-order valence-electron chi connectivity index (χ1n) is 10.3. The minimum Gasteiger partial charge on any atom is -0.507 e. The van der Waals surface area contributed by atoms with E-state index in [-0.39, 0.29) is 11.4 Å². The minimum atomic E-state index is -4.76. The van der Waals surface area contributed by atoms with Gasteiger partial charge in [-0.3, -0.25) is 9.69 Å². The lowest BCUT2D eigenvalue weighted by atomic mass is 10.0. The van der Waals surface area contributed by atoms with Crippen molar-refractivity contribution in [2.24, 2.45) is 0 Å². The Labute approximate surface area is 200 Å². The van der Waals surface area contributed by atoms with Crippen LogP contribution in [-0.2, 0) is 11.0 Å². The molecule has 174 valence electrons. The average Bonchev–Trinajstić information content (AvgIpc) is 2.97. The Balaban J connectivity index is 1.76. The monoisotopic (exact) mass is 483 g/mol. The maximum Gasteiger partial charge on any atom is 0.417 e. The number of nitrogens with zero attached hydrogens (tertiary/aromatic N) is 3. The molecule has 1 saturated heterocycles. The topological polar surface area (TPSA) is 67.6 Å². The van der Waals surface area contributed by atoms with E-state index >= 15 is 0 Å². The maximum absolute atomic E-state index is 13.5. The second-order valence-electron chi connectivity index (χ2n) is 8.36. The molecule has 1 amide bonds. The number of hydrogen-bond acceptors (Lipinski definition) is 5. The smallest absolute Gasteiger partial charge is 0.417 e. The Morgan fingerprint density at radius 2 is 1.68 bits per heavy atom. The number of nitriles is 1. The number of benzene rings is 3. The first-order valence-corrected chi connectivity index (χ1v) is 10.8. The van der Waals surface area contributed by atoms with Crippen LogP contribution in [0, 0.1) is 11.3 Å². The van der Waals surface area contributed by atoms with Crippen molar-refractivity contribution in [3.8, 4) is 22.9 Å². The van der Waals surface area contributed by atoms with Gasteiger partial charge in [0.05, 0.1) is 17.2 Å². The van der Waals surface area contributed by atoms with E-state index in [1.165, 1.54) is 18.2 Å². The number of hydrogen-bond donors (Lipinski definition) is 2. The fourth-order valence-corrected chi connectivity index (χ4v) is 4.82. The van der Waals surface area contributed by atoms with Crippen LogP contribution in [0.4, 0.5) is 24.5 Å². The molecule has 3 aromatic rings. The predicted octanol–water partition coefficient (Wildman–Crippen LogP) is 5.79. The molecule has 1 aliphatic heterocycles. The maximum atomic E-state index is 13.5. The molecular formula is C25H20F3N3O2S. The van der Waals surface area contributed by atoms with Gasteiger partial charge in [0.25, 0.3) is 5.91 Å². The van der Waals surface area contributed by atoms with E-state index in [2.05, 4.69) is 12.6 Å². The first kappa shape index (κ1) is 23.5. The zero-order valence-corrected chi connectivity index (χ0v) is 19.1. The summed E-state index contributed by atoms with van der Waals surface area (Å²) < 4.78 is 40.5. The molecule has 0 radical (unpaired) electrons. The Bertz CT molecular complexity index is 1300. The molecule has 1 aliphatic rings. The highest BCUT2D eigenvalue weighted by molar-refractivity contribution is 7.81. The predicted molar refractivity (Wildman–Crippen MR) is 127 cm³/mol. The van der Waals surface area contributed by atoms with E-state index in [4.69, 9.17) is 5.26 Å². The van der Waals surface area contributed by atoms with Gasteiger partial charge >= 0.3 is 6.18 Å². The number of phenolic OH excluding ortho intramolecular Hbond substituents is 1. The zero-order valence-electron chi connectivity index (χ0n) is 18.2. The van der Waals surface area contributed by atoms with Crippen molar-refractivity contribution >= 4 is 29.9 Å². The van der Waals surface area contributed by atoms with Crippen LogP contribution in [0.3, 0.4) is 0 Å². The molecule has 1 unspecified atom stereocenters. The average molecular weight is 484 g/mol. The van der Waals surface area contributed by atoms with Crippen molar-refractivity contribution in [3.05, 3.63) is 77.9 Å². The minimum absolute atomic E-state index is 0.0105. The first-order chi connectivity index (χ1) is 16.0. The molecule has 0 aliphatic carbocycles. The summed E-state index contributed by atoms with van der Waals surface area (Å²) in [6.07, 6.45) is -4.76. The highest BCUT2D eigenvalue weighted by Crippen LogP contribution is 2.44. The van der Waals surface area contributed by atoms with E-state index in [0.717, 1.165) is 22.6 Å². The zero-order chi connectivity index (χ0) is 24.8. The number of carbonyl (C=O) groups excluding carboxylic acids is 1. The van der Waals surface area contributed by atoms with Crippen molar-refractivity contribution in [1.29, 1.82) is 5.26 Å². The third-order valence-corrected chi connectivity index (χ3v) is 6.32. The molecular weight excluding hydrogens is 463 g/mol. The van der Waals surface area contributed by atoms with Gasteiger partial charge in [0.2, 0.25) is 0 Å². The van der Waals surface area contributed by atoms with Crippen LogP contribution in [0.15, 0.2) is 66.7 Å². The summed E-state index contributed by atoms with van der Waals surface area (Å²) in [4.78, 5) is 16.1. The van der Waals surface area contributed by atoms with Gasteiger partial charge in [-0.1, -0.05) is 30.3 Å². The second-order valence-corrected chi connectivity index (χ2v) is 8.82. The van der Waals surface area contributed by atoms with Crippen molar-refractivity contribution < 1.29 is 23.1 Å². The third kappa shape index (κ3) is 3.84. The number of thiol groups is 1. The number of amides is 1. The largest absolute Gasteiger partial charge is 0.507 e. The Morgan fingerprint density at radius 3 is 2.26 bits per heavy atom. The molecule has 1 N–H and O–H groups in total. The molecule has 0 bridgehead atoms. The second kappa shape index (κ2) is 8.29. The van der Waals surface area contributed by atoms with Crippen LogP contribution in [0.2, 0.25) is 0 Å². The van der Waals surface area contributed by atoms with E-state index in [1.807, 2.05) is 30.3 Å². The molecule has 1 fully saturated rings. The number of aromatic hydroxyl groups is 1. The summed E-state index contributed by atoms with van der Waals surface area (Å²) in [5, 5.41) is 19.8. The quantitative estimate of drug-likeness (QED) is 0.463. The number of phenols is 1. The molecule has 1 atom stereocenters. The van der Waals surface area contributed by atoms with Gasteiger partial charge in [-0.05, 0) is 49.7 Å². The van der Waals surface area contributed by atoms with Gasteiger partial charge in [-0.2, -0.15) is 18.4 Å². The fraction of sp³-hybridized carbons (Fsp3) is 0.200. The van der Waals surface area contributed by atoms with Gasteiger partial charge in [0, 0.05) is 23.0 Å². The van der Waals surface area contributed by atoms with E-state index in [9.17, 15) is 23.1 Å². The summed E-state index contributed by atoms with van der Waals surface area (Å²) in [6.45, 7) is 3.27. The Morgan fingerprint density at radius 1 is 1.03 bits per heavy atom. The summed E-state index contributed by atoms with van der Waals surface area (Å²) in [5.41, 5.74) is -1.94. The van der Waals surface area contributed by atoms with Crippen molar-refractivity contribution in [2.45, 2.75) is 31.1 Å². The highest BCUT2D eigenvalue weighted by Gasteiger charge is 2.51. The standard InChI is InChI=1S/C25H20F3N3O2S/c1-24(2)22(33)30(17-9-8-16(14-29)20(12-17)25(26,27)28)23(34)31(24)18-10-11-19(21(32)13-18)15-6-4-3-5-7-15/h3-13,23,32,34H,1-2H3. The summed E-state index contributed by atoms with van der Waals surface area (Å²) >= 11 is 4.57. The van der Waals surface area contributed by atoms with Crippen LogP contribution >= 0.6 is 12.6 Å². The molecule has 0 spiro atoms. The molecule has 3 aromatic carbocycles. The van der Waals surface area contributed by atoms with Crippen LogP contribution in [-0.4, -0.2) is 22.1 Å². The van der Waals surface area contributed by atoms with Crippen LogP contribution in [0.25, 0.3) is 11.1 Å². The lowest BCUT2D eigenvalue weighted by Gasteiger charge is -2.33. The highest BCUT2D eigenvalue weighted by atomic mass is 32.1. The van der Waals surface area contributed by atoms with Crippen molar-refractivity contribution in [1.82, 2.24) is 0 Å². The number of carbonyl (C=O) groups is 1. The van der Waals surface area contributed by atoms with Gasteiger partial charge in [-0.15, -0.1) is 12.6 Å². The number of rotatable bonds is 3. The van der Waals surface area contributed by atoms with Gasteiger partial charge in [-0.25, -0.2) is 0 Å². The van der Waals surface area contributed by atoms with Crippen LogP contribution < -0.4 is 9.80 Å². The van der Waals surface area contributed by atoms with Gasteiger partial charge < -0.3 is 10.0 Å².